The summed E-state index contributed by atoms with van der Waals surface area (Å²) in [5, 5.41) is 2.85. The van der Waals surface area contributed by atoms with E-state index in [-0.39, 0.29) is 11.3 Å². The van der Waals surface area contributed by atoms with E-state index in [1.54, 1.807) is 0 Å². The fraction of sp³-hybridized carbons (Fsp3) is 0.923. The molecule has 1 amide bonds. The number of ether oxygens (including phenoxy) is 1. The summed E-state index contributed by atoms with van der Waals surface area (Å²) in [6.45, 7) is 8.16. The van der Waals surface area contributed by atoms with Gasteiger partial charge in [0.2, 0.25) is 5.91 Å². The van der Waals surface area contributed by atoms with Crippen molar-refractivity contribution in [3.8, 4) is 0 Å². The van der Waals surface area contributed by atoms with Crippen molar-refractivity contribution < 1.29 is 9.53 Å². The normalized spacial score (nSPS) is 17.9. The first-order valence-corrected chi connectivity index (χ1v) is 6.52. The first-order chi connectivity index (χ1) is 7.91. The Kier molecular flexibility index (Phi) is 5.40. The van der Waals surface area contributed by atoms with Crippen LogP contribution in [0.15, 0.2) is 0 Å². The molecule has 0 spiro atoms. The molecule has 100 valence electrons. The highest BCUT2D eigenvalue weighted by molar-refractivity contribution is 5.82. The highest BCUT2D eigenvalue weighted by Crippen LogP contribution is 2.28. The van der Waals surface area contributed by atoms with Gasteiger partial charge in [-0.1, -0.05) is 20.8 Å². The van der Waals surface area contributed by atoms with E-state index in [9.17, 15) is 4.79 Å². The van der Waals surface area contributed by atoms with Gasteiger partial charge in [0.1, 0.15) is 0 Å². The van der Waals surface area contributed by atoms with Crippen molar-refractivity contribution in [3.63, 3.8) is 0 Å². The minimum atomic E-state index is -0.449. The predicted octanol–water partition coefficient (Wildman–Crippen LogP) is 1.29. The summed E-state index contributed by atoms with van der Waals surface area (Å²) in [5.74, 6) is 0.735. The Morgan fingerprint density at radius 1 is 1.47 bits per heavy atom. The van der Waals surface area contributed by atoms with Crippen LogP contribution in [0.1, 0.15) is 40.0 Å². The smallest absolute Gasteiger partial charge is 0.237 e. The fourth-order valence-electron chi connectivity index (χ4n) is 1.42. The molecular weight excluding hydrogens is 216 g/mol. The zero-order valence-corrected chi connectivity index (χ0v) is 11.3. The van der Waals surface area contributed by atoms with Gasteiger partial charge >= 0.3 is 0 Å². The molecule has 0 aromatic rings. The van der Waals surface area contributed by atoms with Crippen LogP contribution >= 0.6 is 0 Å². The minimum Gasteiger partial charge on any atom is -0.381 e. The molecule has 1 saturated carbocycles. The summed E-state index contributed by atoms with van der Waals surface area (Å²) in [6.07, 6.45) is 3.49. The Bertz CT molecular complexity index is 244. The van der Waals surface area contributed by atoms with Crippen molar-refractivity contribution in [2.24, 2.45) is 17.1 Å². The molecule has 0 bridgehead atoms. The van der Waals surface area contributed by atoms with Gasteiger partial charge in [-0.3, -0.25) is 4.79 Å². The van der Waals surface area contributed by atoms with Gasteiger partial charge in [0.05, 0.1) is 6.04 Å². The van der Waals surface area contributed by atoms with E-state index in [2.05, 4.69) is 5.32 Å². The number of carbonyl (C=O) groups excluding carboxylic acids is 1. The van der Waals surface area contributed by atoms with Crippen LogP contribution in [-0.4, -0.2) is 31.7 Å². The summed E-state index contributed by atoms with van der Waals surface area (Å²) in [6, 6.07) is -0.449. The summed E-state index contributed by atoms with van der Waals surface area (Å²) in [5.41, 5.74) is 5.65. The van der Waals surface area contributed by atoms with Crippen molar-refractivity contribution in [1.82, 2.24) is 5.32 Å². The maximum absolute atomic E-state index is 11.7. The van der Waals surface area contributed by atoms with Gasteiger partial charge in [0, 0.05) is 19.8 Å². The minimum absolute atomic E-state index is 0.0697. The lowest BCUT2D eigenvalue weighted by atomic mass is 9.87. The number of nitrogens with two attached hydrogens (primary N) is 1. The van der Waals surface area contributed by atoms with Crippen LogP contribution in [-0.2, 0) is 9.53 Å². The molecule has 0 unspecified atom stereocenters. The highest BCUT2D eigenvalue weighted by Gasteiger charge is 2.26. The Morgan fingerprint density at radius 3 is 2.65 bits per heavy atom. The summed E-state index contributed by atoms with van der Waals surface area (Å²) in [4.78, 5) is 11.7. The van der Waals surface area contributed by atoms with Gasteiger partial charge in [-0.05, 0) is 30.6 Å². The van der Waals surface area contributed by atoms with Crippen LogP contribution in [0.5, 0.6) is 0 Å². The van der Waals surface area contributed by atoms with Crippen LogP contribution in [0.2, 0.25) is 0 Å². The highest BCUT2D eigenvalue weighted by atomic mass is 16.5. The third-order valence-corrected chi connectivity index (χ3v) is 3.03. The largest absolute Gasteiger partial charge is 0.381 e. The average molecular weight is 242 g/mol. The monoisotopic (exact) mass is 242 g/mol. The van der Waals surface area contributed by atoms with Crippen molar-refractivity contribution in [3.05, 3.63) is 0 Å². The van der Waals surface area contributed by atoms with E-state index in [0.29, 0.717) is 6.54 Å². The average Bonchev–Trinajstić information content (AvgIpc) is 3.04. The van der Waals surface area contributed by atoms with E-state index in [1.807, 2.05) is 20.8 Å². The molecule has 4 heteroatoms. The van der Waals surface area contributed by atoms with Crippen molar-refractivity contribution in [2.45, 2.75) is 46.1 Å². The molecule has 0 radical (unpaired) electrons. The van der Waals surface area contributed by atoms with E-state index >= 15 is 0 Å². The van der Waals surface area contributed by atoms with Gasteiger partial charge in [-0.2, -0.15) is 0 Å². The lowest BCUT2D eigenvalue weighted by Crippen LogP contribution is -2.48. The maximum Gasteiger partial charge on any atom is 0.237 e. The van der Waals surface area contributed by atoms with Gasteiger partial charge in [0.25, 0.3) is 0 Å². The van der Waals surface area contributed by atoms with Crippen LogP contribution in [0.25, 0.3) is 0 Å². The molecule has 0 heterocycles. The molecule has 1 aliphatic rings. The third-order valence-electron chi connectivity index (χ3n) is 3.03. The van der Waals surface area contributed by atoms with E-state index in [4.69, 9.17) is 10.5 Å². The lowest BCUT2D eigenvalue weighted by molar-refractivity contribution is -0.124. The Morgan fingerprint density at radius 2 is 2.12 bits per heavy atom. The molecule has 1 atom stereocenters. The molecule has 1 aliphatic carbocycles. The predicted molar refractivity (Wildman–Crippen MR) is 68.6 cm³/mol. The topological polar surface area (TPSA) is 64.4 Å². The molecule has 1 fully saturated rings. The van der Waals surface area contributed by atoms with Gasteiger partial charge in [0.15, 0.2) is 0 Å². The number of carbonyl (C=O) groups is 1. The second-order valence-electron chi connectivity index (χ2n) is 6.01. The van der Waals surface area contributed by atoms with Crippen LogP contribution in [0.3, 0.4) is 0 Å². The third kappa shape index (κ3) is 6.03. The molecule has 1 rings (SSSR count). The number of hydrogen-bond donors (Lipinski definition) is 2. The summed E-state index contributed by atoms with van der Waals surface area (Å²) in [7, 11) is 0. The summed E-state index contributed by atoms with van der Waals surface area (Å²) < 4.78 is 5.48. The van der Waals surface area contributed by atoms with E-state index in [1.165, 1.54) is 12.8 Å². The second-order valence-corrected chi connectivity index (χ2v) is 6.01. The summed E-state index contributed by atoms with van der Waals surface area (Å²) >= 11 is 0. The molecule has 0 saturated heterocycles. The van der Waals surface area contributed by atoms with E-state index < -0.39 is 6.04 Å². The van der Waals surface area contributed by atoms with Crippen molar-refractivity contribution in [1.29, 1.82) is 0 Å². The number of nitrogens with one attached hydrogen (secondary N) is 1. The molecule has 17 heavy (non-hydrogen) atoms. The van der Waals surface area contributed by atoms with Crippen molar-refractivity contribution >= 4 is 5.91 Å². The lowest BCUT2D eigenvalue weighted by Gasteiger charge is -2.25. The number of rotatable bonds is 7. The first-order valence-electron chi connectivity index (χ1n) is 6.52. The Hall–Kier alpha value is -0.610. The maximum atomic E-state index is 11.7. The standard InChI is InChI=1S/C13H26N2O2/c1-13(2,3)11(14)12(16)15-7-4-8-17-9-10-5-6-10/h10-11H,4-9,14H2,1-3H3,(H,15,16)/t11-/m1/s1. The van der Waals surface area contributed by atoms with Gasteiger partial charge in [-0.15, -0.1) is 0 Å². The quantitative estimate of drug-likeness (QED) is 0.661. The zero-order chi connectivity index (χ0) is 12.9. The fourth-order valence-corrected chi connectivity index (χ4v) is 1.42. The zero-order valence-electron chi connectivity index (χ0n) is 11.3. The van der Waals surface area contributed by atoms with Crippen molar-refractivity contribution in [2.75, 3.05) is 19.8 Å². The van der Waals surface area contributed by atoms with Gasteiger partial charge < -0.3 is 15.8 Å². The molecule has 0 aliphatic heterocycles. The molecule has 0 aromatic heterocycles. The second kappa shape index (κ2) is 6.36. The molecule has 3 N–H and O–H groups in total. The molecule has 0 aromatic carbocycles. The Balaban J connectivity index is 1.99. The van der Waals surface area contributed by atoms with Crippen LogP contribution in [0.4, 0.5) is 0 Å². The molecular formula is C13H26N2O2. The number of amides is 1. The Labute approximate surface area is 104 Å². The van der Waals surface area contributed by atoms with E-state index in [0.717, 1.165) is 25.6 Å². The molecule has 4 nitrogen and oxygen atoms in total. The van der Waals surface area contributed by atoms with Crippen LogP contribution < -0.4 is 11.1 Å². The number of hydrogen-bond acceptors (Lipinski definition) is 3. The van der Waals surface area contributed by atoms with Crippen LogP contribution in [0, 0.1) is 11.3 Å². The SMILES string of the molecule is CC(C)(C)[C@H](N)C(=O)NCCCOCC1CC1. The van der Waals surface area contributed by atoms with Gasteiger partial charge in [-0.25, -0.2) is 0 Å². The first kappa shape index (κ1) is 14.5.